The molecule has 1 fully saturated rings. The Balaban J connectivity index is 2.00. The van der Waals surface area contributed by atoms with Gasteiger partial charge in [-0.1, -0.05) is 49.4 Å². The number of rotatable bonds is 13. The number of benzene rings is 1. The van der Waals surface area contributed by atoms with E-state index >= 15 is 0 Å². The summed E-state index contributed by atoms with van der Waals surface area (Å²) in [5.74, 6) is -0.294. The Morgan fingerprint density at radius 3 is 2.53 bits per heavy atom. The molecule has 1 aromatic carbocycles. The second-order valence-electron chi connectivity index (χ2n) is 8.60. The standard InChI is InChI=1S/C25H38N2O5/c1-3-31-18-32-17-23(26-24(28)21-14-12-19(2)13-15-21)16-22(25(29)27-30)11-7-10-20-8-5-4-6-9-20/h4-10,19,21-23,30H,3,11-18H2,1-2H3,(H,26,28)(H,27,29). The number of hydrogen-bond acceptors (Lipinski definition) is 5. The molecular weight excluding hydrogens is 408 g/mol. The highest BCUT2D eigenvalue weighted by Gasteiger charge is 2.28. The Morgan fingerprint density at radius 1 is 1.16 bits per heavy atom. The van der Waals surface area contributed by atoms with Crippen molar-refractivity contribution >= 4 is 17.9 Å². The largest absolute Gasteiger partial charge is 0.356 e. The molecule has 7 heteroatoms. The molecule has 0 aliphatic heterocycles. The van der Waals surface area contributed by atoms with Gasteiger partial charge in [0.1, 0.15) is 6.79 Å². The predicted molar refractivity (Wildman–Crippen MR) is 124 cm³/mol. The molecule has 0 saturated heterocycles. The maximum absolute atomic E-state index is 12.9. The molecule has 1 aliphatic carbocycles. The van der Waals surface area contributed by atoms with Gasteiger partial charge in [-0.15, -0.1) is 0 Å². The van der Waals surface area contributed by atoms with Crippen LogP contribution in [0.15, 0.2) is 36.4 Å². The molecule has 2 rings (SSSR count). The van der Waals surface area contributed by atoms with Gasteiger partial charge in [0.15, 0.2) is 0 Å². The SMILES string of the molecule is CCOCOCC(CC(CC=Cc1ccccc1)C(=O)NO)NC(=O)C1CCC(C)CC1. The minimum Gasteiger partial charge on any atom is -0.356 e. The van der Waals surface area contributed by atoms with Crippen LogP contribution in [0, 0.1) is 17.8 Å². The molecule has 0 radical (unpaired) electrons. The normalized spacial score (nSPS) is 20.6. The van der Waals surface area contributed by atoms with Crippen LogP contribution in [-0.4, -0.2) is 43.1 Å². The third-order valence-corrected chi connectivity index (χ3v) is 6.00. The fourth-order valence-electron chi connectivity index (χ4n) is 4.02. The Hall–Kier alpha value is -2.22. The number of ether oxygens (including phenoxy) is 2. The zero-order valence-electron chi connectivity index (χ0n) is 19.3. The van der Waals surface area contributed by atoms with Crippen LogP contribution in [-0.2, 0) is 19.1 Å². The highest BCUT2D eigenvalue weighted by atomic mass is 16.7. The molecule has 1 aliphatic rings. The Morgan fingerprint density at radius 2 is 1.88 bits per heavy atom. The number of hydrogen-bond donors (Lipinski definition) is 3. The Kier molecular flexibility index (Phi) is 12.0. The summed E-state index contributed by atoms with van der Waals surface area (Å²) < 4.78 is 10.8. The number of allylic oxidation sites excluding steroid dienone is 1. The molecule has 1 aromatic rings. The summed E-state index contributed by atoms with van der Waals surface area (Å²) in [6.45, 7) is 5.02. The quantitative estimate of drug-likeness (QED) is 0.185. The van der Waals surface area contributed by atoms with Gasteiger partial charge in [0.05, 0.1) is 12.6 Å². The van der Waals surface area contributed by atoms with E-state index in [4.69, 9.17) is 9.47 Å². The van der Waals surface area contributed by atoms with Crippen molar-refractivity contribution in [3.8, 4) is 0 Å². The minimum absolute atomic E-state index is 0.00341. The van der Waals surface area contributed by atoms with Gasteiger partial charge < -0.3 is 14.8 Å². The third-order valence-electron chi connectivity index (χ3n) is 6.00. The lowest BCUT2D eigenvalue weighted by molar-refractivity contribution is -0.135. The van der Waals surface area contributed by atoms with E-state index < -0.39 is 11.8 Å². The molecule has 1 saturated carbocycles. The van der Waals surface area contributed by atoms with Crippen LogP contribution in [0.4, 0.5) is 0 Å². The number of amides is 2. The van der Waals surface area contributed by atoms with E-state index in [-0.39, 0.29) is 31.3 Å². The first kappa shape index (κ1) is 26.0. The molecule has 2 amide bonds. The molecule has 0 heterocycles. The Labute approximate surface area is 191 Å². The van der Waals surface area contributed by atoms with E-state index in [0.29, 0.717) is 25.4 Å². The smallest absolute Gasteiger partial charge is 0.246 e. The summed E-state index contributed by atoms with van der Waals surface area (Å²) in [6.07, 6.45) is 8.54. The van der Waals surface area contributed by atoms with Crippen LogP contribution in [0.3, 0.4) is 0 Å². The fraction of sp³-hybridized carbons (Fsp3) is 0.600. The van der Waals surface area contributed by atoms with E-state index in [1.165, 1.54) is 0 Å². The lowest BCUT2D eigenvalue weighted by Crippen LogP contribution is -2.45. The molecule has 0 spiro atoms. The predicted octanol–water partition coefficient (Wildman–Crippen LogP) is 3.92. The molecule has 0 aromatic heterocycles. The lowest BCUT2D eigenvalue weighted by atomic mass is 9.82. The van der Waals surface area contributed by atoms with Crippen molar-refractivity contribution in [1.82, 2.24) is 10.8 Å². The van der Waals surface area contributed by atoms with Crippen LogP contribution in [0.25, 0.3) is 6.08 Å². The van der Waals surface area contributed by atoms with Gasteiger partial charge in [-0.3, -0.25) is 14.8 Å². The second-order valence-corrected chi connectivity index (χ2v) is 8.60. The zero-order chi connectivity index (χ0) is 23.2. The van der Waals surface area contributed by atoms with Crippen molar-refractivity contribution in [3.05, 3.63) is 42.0 Å². The van der Waals surface area contributed by atoms with Gasteiger partial charge in [0, 0.05) is 18.4 Å². The average Bonchev–Trinajstić information content (AvgIpc) is 2.81. The molecule has 2 unspecified atom stereocenters. The van der Waals surface area contributed by atoms with Crippen molar-refractivity contribution in [1.29, 1.82) is 0 Å². The van der Waals surface area contributed by atoms with Crippen LogP contribution in [0.1, 0.15) is 57.9 Å². The summed E-state index contributed by atoms with van der Waals surface area (Å²) in [7, 11) is 0. The van der Waals surface area contributed by atoms with E-state index in [9.17, 15) is 14.8 Å². The summed E-state index contributed by atoms with van der Waals surface area (Å²) in [5.41, 5.74) is 2.80. The Bertz CT molecular complexity index is 702. The van der Waals surface area contributed by atoms with Crippen LogP contribution >= 0.6 is 0 Å². The summed E-state index contributed by atoms with van der Waals surface area (Å²) in [6, 6.07) is 9.45. The molecule has 2 atom stereocenters. The number of carbonyl (C=O) groups excluding carboxylic acids is 2. The number of nitrogens with one attached hydrogen (secondary N) is 2. The highest BCUT2D eigenvalue weighted by molar-refractivity contribution is 5.80. The van der Waals surface area contributed by atoms with E-state index in [1.54, 1.807) is 5.48 Å². The van der Waals surface area contributed by atoms with Gasteiger partial charge >= 0.3 is 0 Å². The first-order valence-electron chi connectivity index (χ1n) is 11.6. The van der Waals surface area contributed by atoms with Crippen molar-refractivity contribution in [2.24, 2.45) is 17.8 Å². The lowest BCUT2D eigenvalue weighted by Gasteiger charge is -2.28. The van der Waals surface area contributed by atoms with Crippen molar-refractivity contribution in [2.75, 3.05) is 20.0 Å². The fourth-order valence-corrected chi connectivity index (χ4v) is 4.02. The topological polar surface area (TPSA) is 96.9 Å². The van der Waals surface area contributed by atoms with Crippen molar-refractivity contribution < 1.29 is 24.3 Å². The van der Waals surface area contributed by atoms with Crippen molar-refractivity contribution in [3.63, 3.8) is 0 Å². The summed E-state index contributed by atoms with van der Waals surface area (Å²) >= 11 is 0. The number of hydroxylamine groups is 1. The minimum atomic E-state index is -0.507. The van der Waals surface area contributed by atoms with Crippen LogP contribution in [0.2, 0.25) is 0 Å². The molecular formula is C25H38N2O5. The monoisotopic (exact) mass is 446 g/mol. The molecule has 32 heavy (non-hydrogen) atoms. The van der Waals surface area contributed by atoms with E-state index in [2.05, 4.69) is 12.2 Å². The van der Waals surface area contributed by atoms with E-state index in [0.717, 1.165) is 31.2 Å². The molecule has 7 nitrogen and oxygen atoms in total. The first-order valence-corrected chi connectivity index (χ1v) is 11.6. The van der Waals surface area contributed by atoms with Gasteiger partial charge in [-0.25, -0.2) is 5.48 Å². The average molecular weight is 447 g/mol. The van der Waals surface area contributed by atoms with Crippen LogP contribution < -0.4 is 10.8 Å². The molecule has 0 bridgehead atoms. The van der Waals surface area contributed by atoms with Gasteiger partial charge in [0.2, 0.25) is 11.8 Å². The third kappa shape index (κ3) is 9.51. The highest BCUT2D eigenvalue weighted by Crippen LogP contribution is 2.28. The zero-order valence-corrected chi connectivity index (χ0v) is 19.3. The maximum Gasteiger partial charge on any atom is 0.246 e. The molecule has 178 valence electrons. The van der Waals surface area contributed by atoms with Crippen LogP contribution in [0.5, 0.6) is 0 Å². The second kappa shape index (κ2) is 14.8. The summed E-state index contributed by atoms with van der Waals surface area (Å²) in [5, 5.41) is 12.3. The van der Waals surface area contributed by atoms with Gasteiger partial charge in [-0.05, 0) is 56.9 Å². The molecule has 3 N–H and O–H groups in total. The first-order chi connectivity index (χ1) is 15.5. The van der Waals surface area contributed by atoms with Crippen molar-refractivity contribution in [2.45, 2.75) is 58.4 Å². The summed E-state index contributed by atoms with van der Waals surface area (Å²) in [4.78, 5) is 25.2. The van der Waals surface area contributed by atoms with Gasteiger partial charge in [-0.2, -0.15) is 0 Å². The van der Waals surface area contributed by atoms with E-state index in [1.807, 2.05) is 49.4 Å². The van der Waals surface area contributed by atoms with Gasteiger partial charge in [0.25, 0.3) is 0 Å². The maximum atomic E-state index is 12.9. The number of carbonyl (C=O) groups is 2.